The number of carbonyl (C=O) groups excluding carboxylic acids is 2. The van der Waals surface area contributed by atoms with Crippen molar-refractivity contribution in [3.8, 4) is 0 Å². The highest BCUT2D eigenvalue weighted by Crippen LogP contribution is 2.11. The number of aromatic nitrogens is 2. The second-order valence-electron chi connectivity index (χ2n) is 6.16. The molecule has 23 heavy (non-hydrogen) atoms. The van der Waals surface area contributed by atoms with Gasteiger partial charge in [0.15, 0.2) is 0 Å². The molecule has 1 atom stereocenters. The summed E-state index contributed by atoms with van der Waals surface area (Å²) in [6.07, 6.45) is 4.22. The number of ether oxygens (including phenoxy) is 1. The van der Waals surface area contributed by atoms with Crippen LogP contribution in [0.2, 0.25) is 0 Å². The quantitative estimate of drug-likeness (QED) is 0.733. The van der Waals surface area contributed by atoms with Gasteiger partial charge in [0.05, 0.1) is 12.8 Å². The van der Waals surface area contributed by atoms with Crippen LogP contribution in [0.4, 0.5) is 0 Å². The molecule has 1 rings (SSSR count). The SMILES string of the molecule is COCCN(Cc1cnn(C)c1)C(=O)[C@H](CC(C)C)NC(C)=O. The summed E-state index contributed by atoms with van der Waals surface area (Å²) < 4.78 is 6.81. The number of nitrogens with zero attached hydrogens (tertiary/aromatic N) is 3. The third kappa shape index (κ3) is 6.81. The topological polar surface area (TPSA) is 76.5 Å². The van der Waals surface area contributed by atoms with Gasteiger partial charge < -0.3 is 15.0 Å². The van der Waals surface area contributed by atoms with Crippen molar-refractivity contribution in [3.63, 3.8) is 0 Å². The van der Waals surface area contributed by atoms with Gasteiger partial charge in [-0.1, -0.05) is 13.8 Å². The summed E-state index contributed by atoms with van der Waals surface area (Å²) in [5, 5.41) is 6.90. The van der Waals surface area contributed by atoms with Crippen molar-refractivity contribution < 1.29 is 14.3 Å². The van der Waals surface area contributed by atoms with Crippen LogP contribution >= 0.6 is 0 Å². The van der Waals surface area contributed by atoms with Crippen LogP contribution in [0.3, 0.4) is 0 Å². The fraction of sp³-hybridized carbons (Fsp3) is 0.688. The largest absolute Gasteiger partial charge is 0.383 e. The first-order valence-corrected chi connectivity index (χ1v) is 7.85. The Hall–Kier alpha value is -1.89. The number of nitrogens with one attached hydrogen (secondary N) is 1. The average Bonchev–Trinajstić information content (AvgIpc) is 2.86. The Morgan fingerprint density at radius 1 is 1.43 bits per heavy atom. The van der Waals surface area contributed by atoms with E-state index in [1.54, 1.807) is 22.9 Å². The van der Waals surface area contributed by atoms with E-state index in [4.69, 9.17) is 4.74 Å². The maximum absolute atomic E-state index is 12.9. The van der Waals surface area contributed by atoms with Gasteiger partial charge >= 0.3 is 0 Å². The number of aryl methyl sites for hydroxylation is 1. The first-order chi connectivity index (χ1) is 10.8. The van der Waals surface area contributed by atoms with Crippen LogP contribution < -0.4 is 5.32 Å². The van der Waals surface area contributed by atoms with E-state index in [1.165, 1.54) is 6.92 Å². The minimum atomic E-state index is -0.513. The molecule has 7 heteroatoms. The lowest BCUT2D eigenvalue weighted by atomic mass is 10.0. The maximum atomic E-state index is 12.9. The molecular formula is C16H28N4O3. The van der Waals surface area contributed by atoms with Crippen molar-refractivity contribution in [3.05, 3.63) is 18.0 Å². The Kier molecular flexibility index (Phi) is 7.74. The molecule has 0 saturated heterocycles. The lowest BCUT2D eigenvalue weighted by Gasteiger charge is -2.28. The van der Waals surface area contributed by atoms with E-state index in [0.29, 0.717) is 32.0 Å². The summed E-state index contributed by atoms with van der Waals surface area (Å²) in [6, 6.07) is -0.513. The summed E-state index contributed by atoms with van der Waals surface area (Å²) in [6.45, 7) is 6.86. The van der Waals surface area contributed by atoms with E-state index in [2.05, 4.69) is 10.4 Å². The molecule has 1 heterocycles. The molecule has 1 aromatic heterocycles. The lowest BCUT2D eigenvalue weighted by Crippen LogP contribution is -2.49. The Bertz CT molecular complexity index is 513. The number of rotatable bonds is 9. The molecule has 0 aliphatic heterocycles. The third-order valence-electron chi connectivity index (χ3n) is 3.39. The zero-order valence-electron chi connectivity index (χ0n) is 14.7. The second kappa shape index (κ2) is 9.29. The molecule has 0 unspecified atom stereocenters. The molecular weight excluding hydrogens is 296 g/mol. The number of amides is 2. The van der Waals surface area contributed by atoms with Gasteiger partial charge in [-0.3, -0.25) is 14.3 Å². The molecule has 0 fully saturated rings. The van der Waals surface area contributed by atoms with Crippen molar-refractivity contribution in [2.45, 2.75) is 39.8 Å². The van der Waals surface area contributed by atoms with Crippen LogP contribution in [0.25, 0.3) is 0 Å². The minimum absolute atomic E-state index is 0.0881. The highest BCUT2D eigenvalue weighted by Gasteiger charge is 2.26. The summed E-state index contributed by atoms with van der Waals surface area (Å²) >= 11 is 0. The summed E-state index contributed by atoms with van der Waals surface area (Å²) in [5.41, 5.74) is 0.947. The number of carbonyl (C=O) groups is 2. The summed E-state index contributed by atoms with van der Waals surface area (Å²) in [7, 11) is 3.44. The zero-order chi connectivity index (χ0) is 17.4. The molecule has 1 N–H and O–H groups in total. The number of hydrogen-bond donors (Lipinski definition) is 1. The van der Waals surface area contributed by atoms with Gasteiger partial charge in [0.25, 0.3) is 0 Å². The molecule has 0 aromatic carbocycles. The fourth-order valence-electron chi connectivity index (χ4n) is 2.40. The van der Waals surface area contributed by atoms with Crippen LogP contribution in [0.5, 0.6) is 0 Å². The molecule has 0 radical (unpaired) electrons. The summed E-state index contributed by atoms with van der Waals surface area (Å²) in [4.78, 5) is 26.0. The van der Waals surface area contributed by atoms with Gasteiger partial charge in [-0.2, -0.15) is 5.10 Å². The molecule has 0 spiro atoms. The zero-order valence-corrected chi connectivity index (χ0v) is 14.7. The third-order valence-corrected chi connectivity index (χ3v) is 3.39. The van der Waals surface area contributed by atoms with Gasteiger partial charge in [0, 0.05) is 45.9 Å². The van der Waals surface area contributed by atoms with E-state index >= 15 is 0 Å². The average molecular weight is 324 g/mol. The predicted molar refractivity (Wildman–Crippen MR) is 87.6 cm³/mol. The lowest BCUT2D eigenvalue weighted by molar-refractivity contribution is -0.137. The Labute approximate surface area is 138 Å². The van der Waals surface area contributed by atoms with Gasteiger partial charge in [-0.15, -0.1) is 0 Å². The second-order valence-corrected chi connectivity index (χ2v) is 6.16. The van der Waals surface area contributed by atoms with Crippen molar-refractivity contribution in [1.82, 2.24) is 20.0 Å². The number of methoxy groups -OCH3 is 1. The molecule has 0 bridgehead atoms. The first-order valence-electron chi connectivity index (χ1n) is 7.85. The molecule has 130 valence electrons. The summed E-state index contributed by atoms with van der Waals surface area (Å²) in [5.74, 6) is 0.0188. The van der Waals surface area contributed by atoms with Crippen molar-refractivity contribution >= 4 is 11.8 Å². The van der Waals surface area contributed by atoms with Gasteiger partial charge in [-0.25, -0.2) is 0 Å². The van der Waals surface area contributed by atoms with Crippen LogP contribution in [0.15, 0.2) is 12.4 Å². The smallest absolute Gasteiger partial charge is 0.245 e. The highest BCUT2D eigenvalue weighted by molar-refractivity contribution is 5.86. The highest BCUT2D eigenvalue weighted by atomic mass is 16.5. The van der Waals surface area contributed by atoms with E-state index in [-0.39, 0.29) is 11.8 Å². The van der Waals surface area contributed by atoms with Gasteiger partial charge in [-0.05, 0) is 12.3 Å². The van der Waals surface area contributed by atoms with Crippen LogP contribution in [0, 0.1) is 5.92 Å². The monoisotopic (exact) mass is 324 g/mol. The molecule has 7 nitrogen and oxygen atoms in total. The molecule has 0 saturated carbocycles. The first kappa shape index (κ1) is 19.2. The predicted octanol–water partition coefficient (Wildman–Crippen LogP) is 0.946. The van der Waals surface area contributed by atoms with E-state index in [9.17, 15) is 9.59 Å². The fourth-order valence-corrected chi connectivity index (χ4v) is 2.40. The minimum Gasteiger partial charge on any atom is -0.383 e. The molecule has 0 aliphatic rings. The maximum Gasteiger partial charge on any atom is 0.245 e. The van der Waals surface area contributed by atoms with E-state index in [0.717, 1.165) is 5.56 Å². The van der Waals surface area contributed by atoms with Crippen molar-refractivity contribution in [1.29, 1.82) is 0 Å². The van der Waals surface area contributed by atoms with E-state index < -0.39 is 6.04 Å². The normalized spacial score (nSPS) is 12.3. The molecule has 0 aliphatic carbocycles. The van der Waals surface area contributed by atoms with Gasteiger partial charge in [0.2, 0.25) is 11.8 Å². The van der Waals surface area contributed by atoms with Gasteiger partial charge in [0.1, 0.15) is 6.04 Å². The van der Waals surface area contributed by atoms with Crippen LogP contribution in [-0.2, 0) is 27.9 Å². The Morgan fingerprint density at radius 3 is 2.61 bits per heavy atom. The van der Waals surface area contributed by atoms with E-state index in [1.807, 2.05) is 27.1 Å². The number of hydrogen-bond acceptors (Lipinski definition) is 4. The van der Waals surface area contributed by atoms with Crippen LogP contribution in [-0.4, -0.2) is 52.8 Å². The van der Waals surface area contributed by atoms with Crippen LogP contribution in [0.1, 0.15) is 32.8 Å². The molecule has 2 amide bonds. The molecule has 1 aromatic rings. The van der Waals surface area contributed by atoms with Crippen molar-refractivity contribution in [2.24, 2.45) is 13.0 Å². The Morgan fingerprint density at radius 2 is 2.13 bits per heavy atom. The van der Waals surface area contributed by atoms with Crippen molar-refractivity contribution in [2.75, 3.05) is 20.3 Å². The standard InChI is InChI=1S/C16H28N4O3/c1-12(2)8-15(18-13(3)21)16(22)20(6-7-23-5)11-14-9-17-19(4)10-14/h9-10,12,15H,6-8,11H2,1-5H3,(H,18,21)/t15-/m0/s1. The Balaban J connectivity index is 2.87.